The number of ether oxygens (including phenoxy) is 3. The van der Waals surface area contributed by atoms with Gasteiger partial charge in [-0.05, 0) is 41.7 Å². The van der Waals surface area contributed by atoms with Crippen molar-refractivity contribution in [2.24, 2.45) is 0 Å². The van der Waals surface area contributed by atoms with Crippen molar-refractivity contribution in [3.8, 4) is 17.6 Å². The molecule has 0 heterocycles. The fraction of sp³-hybridized carbons (Fsp3) is 0.292. The number of Topliss-reactive ketones (excluding diaryl/α,β-unsaturated/α-hetero) is 1. The Kier molecular flexibility index (Phi) is 8.64. The van der Waals surface area contributed by atoms with Crippen LogP contribution in [0.2, 0.25) is 0 Å². The van der Waals surface area contributed by atoms with Gasteiger partial charge in [0.25, 0.3) is 0 Å². The maximum absolute atomic E-state index is 12.2. The molecule has 30 heavy (non-hydrogen) atoms. The van der Waals surface area contributed by atoms with Gasteiger partial charge in [-0.3, -0.25) is 4.79 Å². The maximum Gasteiger partial charge on any atom is 0.331 e. The van der Waals surface area contributed by atoms with E-state index in [-0.39, 0.29) is 19.0 Å². The van der Waals surface area contributed by atoms with Crippen molar-refractivity contribution in [1.29, 1.82) is 5.26 Å². The largest absolute Gasteiger partial charge is 0.493 e. The third-order valence-corrected chi connectivity index (χ3v) is 4.65. The van der Waals surface area contributed by atoms with Gasteiger partial charge in [0.15, 0.2) is 30.5 Å². The van der Waals surface area contributed by atoms with Crippen LogP contribution in [0.25, 0.3) is 6.08 Å². The topological polar surface area (TPSA) is 85.6 Å². The molecule has 156 valence electrons. The number of hydrogen-bond acceptors (Lipinski definition) is 6. The van der Waals surface area contributed by atoms with Gasteiger partial charge >= 0.3 is 5.97 Å². The first-order valence-electron chi connectivity index (χ1n) is 9.64. The van der Waals surface area contributed by atoms with E-state index in [0.717, 1.165) is 6.42 Å². The van der Waals surface area contributed by atoms with E-state index in [0.29, 0.717) is 28.5 Å². The maximum atomic E-state index is 12.2. The van der Waals surface area contributed by atoms with E-state index in [1.54, 1.807) is 36.4 Å². The van der Waals surface area contributed by atoms with E-state index in [1.165, 1.54) is 18.7 Å². The number of rotatable bonds is 10. The highest BCUT2D eigenvalue weighted by atomic mass is 16.5. The number of benzene rings is 2. The summed E-state index contributed by atoms with van der Waals surface area (Å²) in [6.07, 6.45) is 3.81. The Morgan fingerprint density at radius 2 is 1.87 bits per heavy atom. The normalized spacial score (nSPS) is 11.5. The van der Waals surface area contributed by atoms with E-state index in [2.05, 4.69) is 13.8 Å². The first kappa shape index (κ1) is 22.7. The second-order valence-corrected chi connectivity index (χ2v) is 6.65. The molecule has 0 saturated carbocycles. The number of methoxy groups -OCH3 is 1. The van der Waals surface area contributed by atoms with E-state index >= 15 is 0 Å². The number of esters is 1. The van der Waals surface area contributed by atoms with Crippen molar-refractivity contribution < 1.29 is 23.8 Å². The summed E-state index contributed by atoms with van der Waals surface area (Å²) in [7, 11) is 1.48. The lowest BCUT2D eigenvalue weighted by Crippen LogP contribution is -2.12. The molecule has 0 unspecified atom stereocenters. The van der Waals surface area contributed by atoms with Crippen molar-refractivity contribution in [1.82, 2.24) is 0 Å². The lowest BCUT2D eigenvalue weighted by molar-refractivity contribution is -0.136. The standard InChI is InChI=1S/C24H25NO5/c1-4-17(2)19-7-9-20(10-8-19)21(26)16-30-24(27)12-6-18-5-11-22(29-14-13-25)23(15-18)28-3/h5-12,15,17H,4,14,16H2,1-3H3/b12-6+/t17-/m1/s1. The Hall–Kier alpha value is -3.59. The average Bonchev–Trinajstić information content (AvgIpc) is 2.79. The smallest absolute Gasteiger partial charge is 0.331 e. The summed E-state index contributed by atoms with van der Waals surface area (Å²) in [5, 5.41) is 8.60. The van der Waals surface area contributed by atoms with Crippen LogP contribution in [-0.2, 0) is 9.53 Å². The predicted octanol–water partition coefficient (Wildman–Crippen LogP) is 4.55. The van der Waals surface area contributed by atoms with Crippen LogP contribution in [0.3, 0.4) is 0 Å². The Bertz CT molecular complexity index is 941. The summed E-state index contributed by atoms with van der Waals surface area (Å²) in [5.74, 6) is 0.430. The molecule has 0 bridgehead atoms. The third kappa shape index (κ3) is 6.49. The molecule has 1 atom stereocenters. The van der Waals surface area contributed by atoms with Crippen LogP contribution in [-0.4, -0.2) is 32.1 Å². The van der Waals surface area contributed by atoms with Gasteiger partial charge < -0.3 is 14.2 Å². The molecule has 0 aromatic heterocycles. The molecule has 0 saturated heterocycles. The Morgan fingerprint density at radius 1 is 1.13 bits per heavy atom. The minimum atomic E-state index is -0.622. The lowest BCUT2D eigenvalue weighted by atomic mass is 9.97. The molecule has 0 N–H and O–H groups in total. The Labute approximate surface area is 176 Å². The summed E-state index contributed by atoms with van der Waals surface area (Å²) in [6, 6.07) is 14.3. The molecule has 2 aromatic rings. The van der Waals surface area contributed by atoms with Crippen molar-refractivity contribution in [3.05, 3.63) is 65.2 Å². The fourth-order valence-corrected chi connectivity index (χ4v) is 2.68. The second-order valence-electron chi connectivity index (χ2n) is 6.65. The molecule has 0 aliphatic carbocycles. The summed E-state index contributed by atoms with van der Waals surface area (Å²) >= 11 is 0. The van der Waals surface area contributed by atoms with Gasteiger partial charge in [0.1, 0.15) is 6.07 Å². The molecular formula is C24H25NO5. The molecule has 0 amide bonds. The number of nitrogens with zero attached hydrogens (tertiary/aromatic N) is 1. The summed E-state index contributed by atoms with van der Waals surface area (Å²) in [4.78, 5) is 24.2. The molecule has 0 aliphatic rings. The van der Waals surface area contributed by atoms with Crippen molar-refractivity contribution >= 4 is 17.8 Å². The SMILES string of the molecule is CC[C@@H](C)c1ccc(C(=O)COC(=O)/C=C/c2ccc(OCC#N)c(OC)c2)cc1. The zero-order valence-electron chi connectivity index (χ0n) is 17.4. The quantitative estimate of drug-likeness (QED) is 0.326. The first-order valence-corrected chi connectivity index (χ1v) is 9.64. The highest BCUT2D eigenvalue weighted by molar-refractivity contribution is 5.98. The highest BCUT2D eigenvalue weighted by Crippen LogP contribution is 2.28. The molecule has 6 nitrogen and oxygen atoms in total. The monoisotopic (exact) mass is 407 g/mol. The van der Waals surface area contributed by atoms with E-state index in [9.17, 15) is 9.59 Å². The Balaban J connectivity index is 1.91. The summed E-state index contributed by atoms with van der Waals surface area (Å²) < 4.78 is 15.5. The zero-order chi connectivity index (χ0) is 21.9. The van der Waals surface area contributed by atoms with Crippen molar-refractivity contribution in [2.75, 3.05) is 20.3 Å². The van der Waals surface area contributed by atoms with Crippen LogP contribution in [0.1, 0.15) is 47.7 Å². The van der Waals surface area contributed by atoms with Crippen LogP contribution in [0.5, 0.6) is 11.5 Å². The van der Waals surface area contributed by atoms with Crippen LogP contribution < -0.4 is 9.47 Å². The van der Waals surface area contributed by atoms with E-state index in [1.807, 2.05) is 18.2 Å². The lowest BCUT2D eigenvalue weighted by Gasteiger charge is -2.09. The molecule has 0 spiro atoms. The molecule has 6 heteroatoms. The van der Waals surface area contributed by atoms with Gasteiger partial charge in [0.2, 0.25) is 0 Å². The average molecular weight is 407 g/mol. The van der Waals surface area contributed by atoms with Crippen molar-refractivity contribution in [2.45, 2.75) is 26.2 Å². The van der Waals surface area contributed by atoms with Crippen LogP contribution in [0, 0.1) is 11.3 Å². The highest BCUT2D eigenvalue weighted by Gasteiger charge is 2.10. The van der Waals surface area contributed by atoms with Gasteiger partial charge in [-0.1, -0.05) is 44.2 Å². The number of carbonyl (C=O) groups is 2. The minimum absolute atomic E-state index is 0.0910. The third-order valence-electron chi connectivity index (χ3n) is 4.65. The van der Waals surface area contributed by atoms with Gasteiger partial charge in [0, 0.05) is 11.6 Å². The van der Waals surface area contributed by atoms with Gasteiger partial charge in [-0.2, -0.15) is 5.26 Å². The first-order chi connectivity index (χ1) is 14.5. The number of carbonyl (C=O) groups excluding carboxylic acids is 2. The number of ketones is 1. The van der Waals surface area contributed by atoms with E-state index < -0.39 is 5.97 Å². The Morgan fingerprint density at radius 3 is 2.50 bits per heavy atom. The van der Waals surface area contributed by atoms with Gasteiger partial charge in [-0.15, -0.1) is 0 Å². The zero-order valence-corrected chi connectivity index (χ0v) is 17.4. The molecule has 0 aliphatic heterocycles. The predicted molar refractivity (Wildman–Crippen MR) is 114 cm³/mol. The molecule has 0 radical (unpaired) electrons. The second kappa shape index (κ2) is 11.4. The van der Waals surface area contributed by atoms with Gasteiger partial charge in [0.05, 0.1) is 7.11 Å². The molecular weight excluding hydrogens is 382 g/mol. The summed E-state index contributed by atoms with van der Waals surface area (Å²) in [6.45, 7) is 3.83. The number of nitriles is 1. The van der Waals surface area contributed by atoms with Crippen LogP contribution in [0.15, 0.2) is 48.5 Å². The molecule has 2 aromatic carbocycles. The van der Waals surface area contributed by atoms with Gasteiger partial charge in [-0.25, -0.2) is 4.79 Å². The van der Waals surface area contributed by atoms with Crippen molar-refractivity contribution in [3.63, 3.8) is 0 Å². The number of hydrogen-bond donors (Lipinski definition) is 0. The van der Waals surface area contributed by atoms with E-state index in [4.69, 9.17) is 19.5 Å². The molecule has 2 rings (SSSR count). The van der Waals surface area contributed by atoms with Crippen LogP contribution >= 0.6 is 0 Å². The fourth-order valence-electron chi connectivity index (χ4n) is 2.68. The van der Waals surface area contributed by atoms with Crippen LogP contribution in [0.4, 0.5) is 0 Å². The summed E-state index contributed by atoms with van der Waals surface area (Å²) in [5.41, 5.74) is 2.37. The minimum Gasteiger partial charge on any atom is -0.493 e. The molecule has 0 fully saturated rings.